The zero-order chi connectivity index (χ0) is 26.2. The van der Waals surface area contributed by atoms with E-state index in [1.165, 1.54) is 4.90 Å². The Bertz CT molecular complexity index is 1100. The predicted molar refractivity (Wildman–Crippen MR) is 125 cm³/mol. The number of hydroxylamine groups is 2. The first kappa shape index (κ1) is 26.9. The van der Waals surface area contributed by atoms with Crippen molar-refractivity contribution in [3.8, 4) is 5.75 Å². The number of amides is 3. The number of rotatable bonds is 9. The second-order valence-electron chi connectivity index (χ2n) is 10.7. The summed E-state index contributed by atoms with van der Waals surface area (Å²) in [5, 5.41) is 0.743. The Morgan fingerprint density at radius 2 is 1.77 bits per heavy atom. The number of piperidine rings is 1. The van der Waals surface area contributed by atoms with Crippen LogP contribution in [0.25, 0.3) is 0 Å². The molecule has 1 aromatic carbocycles. The zero-order valence-electron chi connectivity index (χ0n) is 20.6. The van der Waals surface area contributed by atoms with Crippen LogP contribution >= 0.6 is 0 Å². The van der Waals surface area contributed by atoms with Gasteiger partial charge in [-0.05, 0) is 57.1 Å². The number of nitrogens with zero attached hydrogens (tertiary/aromatic N) is 2. The standard InChI is InChI=1S/C23H33N3O8S/c1-22(2,3)20(28)33-18-9-7-6-8-15(18)12-23(4,5)14-32-35(30,31)34-26-16-10-11-17(19(24)27)25(13-16)21(26)29/h6-9,16-17H,10-14H2,1-5H3,(H2,24,27)/t16-,17+/m1/s1. The number of esters is 1. The lowest BCUT2D eigenvalue weighted by Gasteiger charge is -2.27. The SMILES string of the molecule is CC(C)(COS(=O)(=O)ON1C(=O)N2C[C@H]1CC[C@H]2C(N)=O)Cc1ccccc1OC(=O)C(C)(C)C. The van der Waals surface area contributed by atoms with Crippen molar-refractivity contribution in [1.29, 1.82) is 0 Å². The van der Waals surface area contributed by atoms with Crippen LogP contribution in [0.2, 0.25) is 0 Å². The molecular weight excluding hydrogens is 478 g/mol. The Morgan fingerprint density at radius 1 is 1.11 bits per heavy atom. The highest BCUT2D eigenvalue weighted by atomic mass is 32.3. The van der Waals surface area contributed by atoms with Gasteiger partial charge in [-0.15, -0.1) is 4.28 Å². The molecule has 2 heterocycles. The van der Waals surface area contributed by atoms with Gasteiger partial charge in [0.05, 0.1) is 18.1 Å². The molecule has 194 valence electrons. The number of urea groups is 1. The summed E-state index contributed by atoms with van der Waals surface area (Å²) in [6.07, 6.45) is 1.05. The summed E-state index contributed by atoms with van der Waals surface area (Å²) < 4.78 is 40.7. The quantitative estimate of drug-likeness (QED) is 0.392. The highest BCUT2D eigenvalue weighted by molar-refractivity contribution is 7.81. The molecule has 35 heavy (non-hydrogen) atoms. The molecular formula is C23H33N3O8S. The number of fused-ring (bicyclic) bond motifs is 2. The number of carbonyl (C=O) groups excluding carboxylic acids is 3. The molecule has 1 aromatic rings. The smallest absolute Gasteiger partial charge is 0.421 e. The molecule has 0 aliphatic carbocycles. The number of ether oxygens (including phenoxy) is 1. The fourth-order valence-electron chi connectivity index (χ4n) is 3.95. The van der Waals surface area contributed by atoms with Crippen molar-refractivity contribution in [2.75, 3.05) is 13.2 Å². The van der Waals surface area contributed by atoms with E-state index in [-0.39, 0.29) is 19.1 Å². The molecule has 2 aliphatic heterocycles. The average molecular weight is 512 g/mol. The first-order valence-corrected chi connectivity index (χ1v) is 12.7. The Labute approximate surface area is 205 Å². The Balaban J connectivity index is 1.63. The van der Waals surface area contributed by atoms with Gasteiger partial charge in [0.2, 0.25) is 5.91 Å². The van der Waals surface area contributed by atoms with E-state index in [0.29, 0.717) is 30.6 Å². The third kappa shape index (κ3) is 6.50. The van der Waals surface area contributed by atoms with Crippen LogP contribution in [0.4, 0.5) is 4.79 Å². The number of carbonyl (C=O) groups is 3. The van der Waals surface area contributed by atoms with Gasteiger partial charge in [-0.3, -0.25) is 9.59 Å². The highest BCUT2D eigenvalue weighted by Crippen LogP contribution is 2.32. The first-order chi connectivity index (χ1) is 16.1. The summed E-state index contributed by atoms with van der Waals surface area (Å²) in [6, 6.07) is 4.98. The van der Waals surface area contributed by atoms with Gasteiger partial charge in [-0.2, -0.15) is 13.5 Å². The van der Waals surface area contributed by atoms with Crippen LogP contribution in [0.5, 0.6) is 5.75 Å². The molecule has 0 radical (unpaired) electrons. The fraction of sp³-hybridized carbons (Fsp3) is 0.609. The van der Waals surface area contributed by atoms with Crippen molar-refractivity contribution in [3.05, 3.63) is 29.8 Å². The molecule has 2 atom stereocenters. The summed E-state index contributed by atoms with van der Waals surface area (Å²) in [6.45, 7) is 8.75. The van der Waals surface area contributed by atoms with Crippen LogP contribution in [-0.2, 0) is 34.9 Å². The monoisotopic (exact) mass is 511 g/mol. The van der Waals surface area contributed by atoms with Crippen molar-refractivity contribution < 1.29 is 36.0 Å². The molecule has 12 heteroatoms. The summed E-state index contributed by atoms with van der Waals surface area (Å²) in [4.78, 5) is 37.7. The Kier molecular flexibility index (Phi) is 7.49. The first-order valence-electron chi connectivity index (χ1n) is 11.4. The van der Waals surface area contributed by atoms with E-state index in [9.17, 15) is 22.8 Å². The van der Waals surface area contributed by atoms with Gasteiger partial charge in [0.1, 0.15) is 11.8 Å². The van der Waals surface area contributed by atoms with Crippen LogP contribution in [0.1, 0.15) is 53.0 Å². The number of benzene rings is 1. The summed E-state index contributed by atoms with van der Waals surface area (Å²) in [5.41, 5.74) is 4.67. The van der Waals surface area contributed by atoms with Crippen molar-refractivity contribution in [2.24, 2.45) is 16.6 Å². The number of primary amides is 1. The Hall–Kier alpha value is -2.70. The van der Waals surface area contributed by atoms with Gasteiger partial charge in [0.25, 0.3) is 0 Å². The van der Waals surface area contributed by atoms with Crippen molar-refractivity contribution in [3.63, 3.8) is 0 Å². The van der Waals surface area contributed by atoms with Gasteiger partial charge < -0.3 is 15.4 Å². The third-order valence-electron chi connectivity index (χ3n) is 5.87. The predicted octanol–water partition coefficient (Wildman–Crippen LogP) is 2.15. The lowest BCUT2D eigenvalue weighted by Crippen LogP contribution is -2.47. The lowest BCUT2D eigenvalue weighted by molar-refractivity contribution is -0.143. The fourth-order valence-corrected chi connectivity index (χ4v) is 4.83. The Morgan fingerprint density at radius 3 is 2.40 bits per heavy atom. The number of para-hydroxylation sites is 1. The van der Waals surface area contributed by atoms with E-state index in [0.717, 1.165) is 5.06 Å². The summed E-state index contributed by atoms with van der Waals surface area (Å²) >= 11 is 0. The second-order valence-corrected chi connectivity index (χ2v) is 11.9. The van der Waals surface area contributed by atoms with Crippen molar-refractivity contribution in [2.45, 2.75) is 66.0 Å². The van der Waals surface area contributed by atoms with Crippen LogP contribution in [-0.4, -0.2) is 61.5 Å². The van der Waals surface area contributed by atoms with Crippen LogP contribution < -0.4 is 10.5 Å². The maximum absolute atomic E-state index is 12.6. The van der Waals surface area contributed by atoms with Gasteiger partial charge in [0.15, 0.2) is 0 Å². The van der Waals surface area contributed by atoms with Crippen molar-refractivity contribution >= 4 is 28.3 Å². The van der Waals surface area contributed by atoms with Crippen LogP contribution in [0, 0.1) is 10.8 Å². The van der Waals surface area contributed by atoms with E-state index >= 15 is 0 Å². The lowest BCUT2D eigenvalue weighted by atomic mass is 9.86. The van der Waals surface area contributed by atoms with Crippen LogP contribution in [0.3, 0.4) is 0 Å². The molecule has 2 N–H and O–H groups in total. The van der Waals surface area contributed by atoms with Gasteiger partial charge in [-0.25, -0.2) is 8.98 Å². The average Bonchev–Trinajstić information content (AvgIpc) is 2.97. The van der Waals surface area contributed by atoms with E-state index in [1.54, 1.807) is 58.9 Å². The molecule has 0 saturated carbocycles. The molecule has 11 nitrogen and oxygen atoms in total. The van der Waals surface area contributed by atoms with E-state index in [4.69, 9.17) is 18.9 Å². The minimum atomic E-state index is -4.57. The topological polar surface area (TPSA) is 146 Å². The molecule has 2 fully saturated rings. The van der Waals surface area contributed by atoms with Crippen LogP contribution in [0.15, 0.2) is 24.3 Å². The molecule has 0 spiro atoms. The van der Waals surface area contributed by atoms with Crippen molar-refractivity contribution in [1.82, 2.24) is 9.96 Å². The second kappa shape index (κ2) is 9.75. The largest absolute Gasteiger partial charge is 0.426 e. The summed E-state index contributed by atoms with van der Waals surface area (Å²) in [5.74, 6) is -0.634. The molecule has 2 saturated heterocycles. The molecule has 3 amide bonds. The summed E-state index contributed by atoms with van der Waals surface area (Å²) in [7, 11) is -4.57. The molecule has 3 rings (SSSR count). The zero-order valence-corrected chi connectivity index (χ0v) is 21.5. The number of nitrogens with two attached hydrogens (primary N) is 1. The normalized spacial score (nSPS) is 20.8. The molecule has 2 bridgehead atoms. The third-order valence-corrected chi connectivity index (χ3v) is 6.62. The molecule has 2 aliphatic rings. The molecule has 0 unspecified atom stereocenters. The minimum Gasteiger partial charge on any atom is -0.426 e. The van der Waals surface area contributed by atoms with Gasteiger partial charge in [-0.1, -0.05) is 32.0 Å². The number of hydrogen-bond acceptors (Lipinski definition) is 8. The highest BCUT2D eigenvalue weighted by Gasteiger charge is 2.49. The maximum atomic E-state index is 12.6. The minimum absolute atomic E-state index is 0.150. The van der Waals surface area contributed by atoms with E-state index in [1.807, 2.05) is 0 Å². The van der Waals surface area contributed by atoms with Gasteiger partial charge in [0, 0.05) is 6.54 Å². The van der Waals surface area contributed by atoms with E-state index < -0.39 is 45.3 Å². The van der Waals surface area contributed by atoms with Gasteiger partial charge >= 0.3 is 22.4 Å². The molecule has 0 aromatic heterocycles. The number of hydrogen-bond donors (Lipinski definition) is 1. The van der Waals surface area contributed by atoms with E-state index in [2.05, 4.69) is 0 Å². The maximum Gasteiger partial charge on any atom is 0.421 e.